The molecule has 0 radical (unpaired) electrons. The summed E-state index contributed by atoms with van der Waals surface area (Å²) in [5.74, 6) is -0.347. The smallest absolute Gasteiger partial charge is 0.419 e. The number of rotatable bonds is 4. The summed E-state index contributed by atoms with van der Waals surface area (Å²) in [5, 5.41) is 18.9. The quantitative estimate of drug-likeness (QED) is 0.761. The van der Waals surface area contributed by atoms with Gasteiger partial charge in [-0.1, -0.05) is 6.07 Å². The van der Waals surface area contributed by atoms with Crippen LogP contribution in [0, 0.1) is 0 Å². The highest BCUT2D eigenvalue weighted by molar-refractivity contribution is 5.40. The number of methoxy groups -OCH3 is 1. The molecule has 1 aromatic rings. The van der Waals surface area contributed by atoms with Gasteiger partial charge in [0.1, 0.15) is 11.9 Å². The van der Waals surface area contributed by atoms with Gasteiger partial charge in [0, 0.05) is 6.54 Å². The Morgan fingerprint density at radius 3 is 2.39 bits per heavy atom. The molecule has 0 aliphatic heterocycles. The Morgan fingerprint density at radius 1 is 1.33 bits per heavy atom. The minimum absolute atomic E-state index is 0.0684. The van der Waals surface area contributed by atoms with E-state index in [1.165, 1.54) is 6.07 Å². The maximum Gasteiger partial charge on any atom is 0.419 e. The maximum atomic E-state index is 12.7. The van der Waals surface area contributed by atoms with Crippen LogP contribution in [0.3, 0.4) is 0 Å². The fraction of sp³-hybridized carbons (Fsp3) is 0.455. The van der Waals surface area contributed by atoms with Crippen molar-refractivity contribution >= 4 is 0 Å². The third kappa shape index (κ3) is 3.12. The van der Waals surface area contributed by atoms with E-state index in [4.69, 9.17) is 5.73 Å². The van der Waals surface area contributed by atoms with Gasteiger partial charge >= 0.3 is 6.18 Å². The summed E-state index contributed by atoms with van der Waals surface area (Å²) in [7, 11) is 1.12. The molecule has 0 saturated heterocycles. The minimum atomic E-state index is -4.60. The van der Waals surface area contributed by atoms with E-state index in [0.29, 0.717) is 0 Å². The molecular weight excluding hydrogens is 251 g/mol. The molecule has 0 saturated carbocycles. The molecule has 0 fully saturated rings. The first kappa shape index (κ1) is 14.7. The normalized spacial score (nSPS) is 15.3. The van der Waals surface area contributed by atoms with E-state index in [1.807, 2.05) is 0 Å². The Labute approximate surface area is 102 Å². The van der Waals surface area contributed by atoms with Crippen LogP contribution in [0.2, 0.25) is 0 Å². The second-order valence-electron chi connectivity index (χ2n) is 3.71. The average molecular weight is 265 g/mol. The number of halogens is 3. The molecule has 0 aromatic heterocycles. The zero-order valence-electron chi connectivity index (χ0n) is 9.61. The van der Waals surface area contributed by atoms with Crippen LogP contribution in [0.1, 0.15) is 17.2 Å². The van der Waals surface area contributed by atoms with Crippen LogP contribution < -0.4 is 10.5 Å². The number of aliphatic hydroxyl groups is 2. The van der Waals surface area contributed by atoms with Crippen molar-refractivity contribution in [2.75, 3.05) is 13.7 Å². The number of nitrogens with two attached hydrogens (primary N) is 1. The summed E-state index contributed by atoms with van der Waals surface area (Å²) in [6.07, 6.45) is -7.39. The lowest BCUT2D eigenvalue weighted by Gasteiger charge is -2.19. The van der Waals surface area contributed by atoms with Gasteiger partial charge in [0.05, 0.1) is 18.8 Å². The van der Waals surface area contributed by atoms with Crippen molar-refractivity contribution < 1.29 is 28.1 Å². The highest BCUT2D eigenvalue weighted by Gasteiger charge is 2.35. The second kappa shape index (κ2) is 5.55. The first-order valence-electron chi connectivity index (χ1n) is 5.12. The summed E-state index contributed by atoms with van der Waals surface area (Å²) < 4.78 is 42.7. The molecule has 0 bridgehead atoms. The van der Waals surface area contributed by atoms with E-state index in [2.05, 4.69) is 4.74 Å². The molecular formula is C11H14F3NO3. The van der Waals surface area contributed by atoms with E-state index < -0.39 is 23.9 Å². The van der Waals surface area contributed by atoms with Crippen LogP contribution in [0.5, 0.6) is 5.75 Å². The largest absolute Gasteiger partial charge is 0.496 e. The Hall–Kier alpha value is -1.31. The minimum Gasteiger partial charge on any atom is -0.496 e. The molecule has 102 valence electrons. The van der Waals surface area contributed by atoms with E-state index >= 15 is 0 Å². The van der Waals surface area contributed by atoms with Crippen molar-refractivity contribution in [3.63, 3.8) is 0 Å². The van der Waals surface area contributed by atoms with Gasteiger partial charge in [-0.05, 0) is 17.7 Å². The molecule has 18 heavy (non-hydrogen) atoms. The molecule has 2 atom stereocenters. The first-order valence-corrected chi connectivity index (χ1v) is 5.12. The van der Waals surface area contributed by atoms with Crippen molar-refractivity contribution in [2.24, 2.45) is 5.73 Å². The van der Waals surface area contributed by atoms with E-state index in [-0.39, 0.29) is 17.9 Å². The van der Waals surface area contributed by atoms with Gasteiger partial charge in [0.25, 0.3) is 0 Å². The summed E-state index contributed by atoms with van der Waals surface area (Å²) in [4.78, 5) is 0. The Bertz CT molecular complexity index is 409. The zero-order valence-corrected chi connectivity index (χ0v) is 9.61. The van der Waals surface area contributed by atoms with Crippen molar-refractivity contribution in [1.29, 1.82) is 0 Å². The number of hydrogen-bond acceptors (Lipinski definition) is 4. The van der Waals surface area contributed by atoms with Gasteiger partial charge in [0.2, 0.25) is 0 Å². The average Bonchev–Trinajstić information content (AvgIpc) is 2.35. The molecule has 0 aliphatic carbocycles. The van der Waals surface area contributed by atoms with Crippen LogP contribution in [0.15, 0.2) is 18.2 Å². The second-order valence-corrected chi connectivity index (χ2v) is 3.71. The van der Waals surface area contributed by atoms with E-state index in [1.54, 1.807) is 0 Å². The zero-order chi connectivity index (χ0) is 13.9. The van der Waals surface area contributed by atoms with Crippen LogP contribution in [-0.2, 0) is 6.18 Å². The summed E-state index contributed by atoms with van der Waals surface area (Å²) in [6.45, 7) is -0.255. The SMILES string of the molecule is COc1ccc(C(O)C(O)CN)cc1C(F)(F)F. The highest BCUT2D eigenvalue weighted by Crippen LogP contribution is 2.37. The predicted molar refractivity (Wildman–Crippen MR) is 58.0 cm³/mol. The van der Waals surface area contributed by atoms with E-state index in [0.717, 1.165) is 19.2 Å². The van der Waals surface area contributed by atoms with Gasteiger partial charge in [0.15, 0.2) is 0 Å². The third-order valence-corrected chi connectivity index (χ3v) is 2.48. The van der Waals surface area contributed by atoms with Crippen LogP contribution in [-0.4, -0.2) is 30.0 Å². The Kier molecular flexibility index (Phi) is 4.55. The number of aliphatic hydroxyl groups excluding tert-OH is 2. The summed E-state index contributed by atoms with van der Waals surface area (Å²) >= 11 is 0. The topological polar surface area (TPSA) is 75.7 Å². The van der Waals surface area contributed by atoms with Crippen molar-refractivity contribution in [3.8, 4) is 5.75 Å². The van der Waals surface area contributed by atoms with Crippen molar-refractivity contribution in [3.05, 3.63) is 29.3 Å². The van der Waals surface area contributed by atoms with Gasteiger partial charge in [-0.2, -0.15) is 13.2 Å². The number of ether oxygens (including phenoxy) is 1. The highest BCUT2D eigenvalue weighted by atomic mass is 19.4. The number of alkyl halides is 3. The lowest BCUT2D eigenvalue weighted by atomic mass is 10.0. The number of hydrogen-bond donors (Lipinski definition) is 3. The van der Waals surface area contributed by atoms with Gasteiger partial charge in [-0.3, -0.25) is 0 Å². The molecule has 2 unspecified atom stereocenters. The lowest BCUT2D eigenvalue weighted by molar-refractivity contribution is -0.138. The summed E-state index contributed by atoms with van der Waals surface area (Å²) in [5.41, 5.74) is 4.06. The third-order valence-electron chi connectivity index (χ3n) is 2.48. The molecule has 4 nitrogen and oxygen atoms in total. The van der Waals surface area contributed by atoms with Gasteiger partial charge in [-0.25, -0.2) is 0 Å². The lowest BCUT2D eigenvalue weighted by Crippen LogP contribution is -2.27. The molecule has 0 amide bonds. The van der Waals surface area contributed by atoms with Gasteiger partial charge < -0.3 is 20.7 Å². The Balaban J connectivity index is 3.18. The molecule has 0 spiro atoms. The fourth-order valence-electron chi connectivity index (χ4n) is 1.48. The van der Waals surface area contributed by atoms with Crippen LogP contribution >= 0.6 is 0 Å². The predicted octanol–water partition coefficient (Wildman–Crippen LogP) is 1.07. The number of benzene rings is 1. The Morgan fingerprint density at radius 2 is 1.94 bits per heavy atom. The van der Waals surface area contributed by atoms with Crippen LogP contribution in [0.25, 0.3) is 0 Å². The maximum absolute atomic E-state index is 12.7. The first-order chi connectivity index (χ1) is 8.31. The molecule has 1 aromatic carbocycles. The van der Waals surface area contributed by atoms with Crippen LogP contribution in [0.4, 0.5) is 13.2 Å². The summed E-state index contributed by atoms with van der Waals surface area (Å²) in [6, 6.07) is 3.07. The monoisotopic (exact) mass is 265 g/mol. The molecule has 0 heterocycles. The molecule has 0 aliphatic rings. The van der Waals surface area contributed by atoms with Crippen molar-refractivity contribution in [2.45, 2.75) is 18.4 Å². The van der Waals surface area contributed by atoms with E-state index in [9.17, 15) is 23.4 Å². The fourth-order valence-corrected chi connectivity index (χ4v) is 1.48. The molecule has 4 N–H and O–H groups in total. The standard InChI is InChI=1S/C11H14F3NO3/c1-18-9-3-2-6(10(17)8(16)5-15)4-7(9)11(12,13)14/h2-4,8,10,16-17H,5,15H2,1H3. The van der Waals surface area contributed by atoms with Crippen molar-refractivity contribution in [1.82, 2.24) is 0 Å². The molecule has 7 heteroatoms. The van der Waals surface area contributed by atoms with Gasteiger partial charge in [-0.15, -0.1) is 0 Å². The molecule has 1 rings (SSSR count).